The molecule has 0 aliphatic carbocycles. The second-order valence-corrected chi connectivity index (χ2v) is 14.1. The molecule has 4 atom stereocenters. The van der Waals surface area contributed by atoms with E-state index in [0.717, 1.165) is 67.2 Å². The third kappa shape index (κ3) is 5.87. The van der Waals surface area contributed by atoms with E-state index in [1.165, 1.54) is 29.1 Å². The number of piperidine rings is 1. The number of hydrogen-bond donors (Lipinski definition) is 1. The van der Waals surface area contributed by atoms with Gasteiger partial charge in [0.25, 0.3) is 0 Å². The first-order valence-corrected chi connectivity index (χ1v) is 17.2. The van der Waals surface area contributed by atoms with Crippen molar-refractivity contribution in [2.45, 2.75) is 46.2 Å². The predicted molar refractivity (Wildman–Crippen MR) is 193 cm³/mol. The van der Waals surface area contributed by atoms with Gasteiger partial charge in [0, 0.05) is 60.8 Å². The Labute approximate surface area is 283 Å². The summed E-state index contributed by atoms with van der Waals surface area (Å²) in [5, 5.41) is 5.06. The van der Waals surface area contributed by atoms with Gasteiger partial charge in [0.2, 0.25) is 0 Å². The maximum Gasteiger partial charge on any atom is 0.174 e. The number of anilines is 3. The molecule has 1 N–H and O–H groups in total. The molecule has 4 aromatic rings. The van der Waals surface area contributed by atoms with Crippen LogP contribution in [0.1, 0.15) is 55.0 Å². The Morgan fingerprint density at radius 1 is 0.870 bits per heavy atom. The first-order chi connectivity index (χ1) is 22.3. The number of benzene rings is 2. The van der Waals surface area contributed by atoms with E-state index in [-0.39, 0.29) is 12.1 Å². The maximum atomic E-state index is 7.08. The van der Waals surface area contributed by atoms with E-state index >= 15 is 0 Å². The number of aromatic nitrogens is 2. The van der Waals surface area contributed by atoms with Crippen LogP contribution < -0.4 is 20.0 Å². The number of ether oxygens (including phenoxy) is 1. The molecule has 240 valence electrons. The van der Waals surface area contributed by atoms with Crippen molar-refractivity contribution < 1.29 is 4.74 Å². The van der Waals surface area contributed by atoms with E-state index in [0.29, 0.717) is 16.9 Å². The van der Waals surface area contributed by atoms with E-state index in [1.807, 2.05) is 18.3 Å². The molecule has 4 unspecified atom stereocenters. The Morgan fingerprint density at radius 2 is 1.57 bits per heavy atom. The van der Waals surface area contributed by atoms with Crippen molar-refractivity contribution in [2.75, 3.05) is 54.1 Å². The molecule has 3 fully saturated rings. The zero-order chi connectivity index (χ0) is 31.9. The fourth-order valence-electron chi connectivity index (χ4n) is 7.83. The normalized spacial score (nSPS) is 23.6. The van der Waals surface area contributed by atoms with Gasteiger partial charge in [-0.2, -0.15) is 0 Å². The molecule has 3 aliphatic rings. The maximum absolute atomic E-state index is 7.08. The number of morpholine rings is 1. The largest absolute Gasteiger partial charge is 0.378 e. The lowest BCUT2D eigenvalue weighted by molar-refractivity contribution is 0.122. The zero-order valence-electron chi connectivity index (χ0n) is 27.1. The van der Waals surface area contributed by atoms with Crippen molar-refractivity contribution in [3.8, 4) is 5.69 Å². The number of hydrogen-bond acceptors (Lipinski definition) is 5. The van der Waals surface area contributed by atoms with Crippen molar-refractivity contribution >= 4 is 46.0 Å². The average molecular weight is 655 g/mol. The summed E-state index contributed by atoms with van der Waals surface area (Å²) in [4.78, 5) is 11.8. The molecular weight excluding hydrogens is 612 g/mol. The molecule has 7 rings (SSSR count). The number of aryl methyl sites for hydroxylation is 1. The summed E-state index contributed by atoms with van der Waals surface area (Å²) in [6.45, 7) is 14.5. The van der Waals surface area contributed by atoms with Crippen LogP contribution in [0, 0.1) is 25.7 Å². The number of halogens is 1. The summed E-state index contributed by atoms with van der Waals surface area (Å²) in [7, 11) is 0. The Hall–Kier alpha value is -3.59. The number of pyridine rings is 1. The minimum absolute atomic E-state index is 0.119. The standard InChI is InChI=1S/C37H43ClN6OS/c1-24-19-25(2)23-42(22-24)34-13-12-30(21-32(34)38)44-36(35(40-37(44)46)33-7-5-6-14-39-33)31-20-26(3)43(27(31)4)29-10-8-28(9-11-29)41-15-17-45-18-16-41/h5-14,20-21,24-25,35-36H,15-19,22-23H2,1-4H3,(H,40,46). The monoisotopic (exact) mass is 654 g/mol. The van der Waals surface area contributed by atoms with Crippen LogP contribution in [0.25, 0.3) is 5.69 Å². The molecule has 0 spiro atoms. The highest BCUT2D eigenvalue weighted by atomic mass is 35.5. The summed E-state index contributed by atoms with van der Waals surface area (Å²) in [6.07, 6.45) is 3.11. The van der Waals surface area contributed by atoms with Crippen molar-refractivity contribution in [3.05, 3.63) is 101 Å². The first kappa shape index (κ1) is 31.0. The van der Waals surface area contributed by atoms with Gasteiger partial charge in [-0.25, -0.2) is 0 Å². The van der Waals surface area contributed by atoms with Gasteiger partial charge in [-0.15, -0.1) is 0 Å². The van der Waals surface area contributed by atoms with E-state index in [1.54, 1.807) is 0 Å². The van der Waals surface area contributed by atoms with Crippen LogP contribution in [0.4, 0.5) is 17.1 Å². The highest BCUT2D eigenvalue weighted by Gasteiger charge is 2.42. The summed E-state index contributed by atoms with van der Waals surface area (Å²) in [5.41, 5.74) is 8.96. The molecular formula is C37H43ClN6OS. The zero-order valence-corrected chi connectivity index (χ0v) is 28.7. The molecule has 2 aromatic carbocycles. The Morgan fingerprint density at radius 3 is 2.24 bits per heavy atom. The Balaban J connectivity index is 1.26. The summed E-state index contributed by atoms with van der Waals surface area (Å²) in [5.74, 6) is 1.29. The minimum Gasteiger partial charge on any atom is -0.378 e. The summed E-state index contributed by atoms with van der Waals surface area (Å²) < 4.78 is 7.91. The molecule has 5 heterocycles. The van der Waals surface area contributed by atoms with Gasteiger partial charge >= 0.3 is 0 Å². The molecule has 0 amide bonds. The lowest BCUT2D eigenvalue weighted by Gasteiger charge is -2.37. The first-order valence-electron chi connectivity index (χ1n) is 16.5. The van der Waals surface area contributed by atoms with Crippen molar-refractivity contribution in [3.63, 3.8) is 0 Å². The smallest absolute Gasteiger partial charge is 0.174 e. The Kier molecular flexibility index (Phi) is 8.70. The lowest BCUT2D eigenvalue weighted by Crippen LogP contribution is -2.38. The van der Waals surface area contributed by atoms with Gasteiger partial charge in [0.1, 0.15) is 0 Å². The van der Waals surface area contributed by atoms with Crippen LogP contribution in [0.5, 0.6) is 0 Å². The third-order valence-corrected chi connectivity index (χ3v) is 10.4. The number of rotatable bonds is 6. The van der Waals surface area contributed by atoms with E-state index in [4.69, 9.17) is 33.5 Å². The van der Waals surface area contributed by atoms with E-state index in [2.05, 4.69) is 107 Å². The van der Waals surface area contributed by atoms with Crippen LogP contribution in [-0.4, -0.2) is 54.1 Å². The molecule has 9 heteroatoms. The van der Waals surface area contributed by atoms with Crippen molar-refractivity contribution in [1.82, 2.24) is 14.9 Å². The van der Waals surface area contributed by atoms with Crippen LogP contribution >= 0.6 is 23.8 Å². The van der Waals surface area contributed by atoms with Crippen LogP contribution in [0.2, 0.25) is 5.02 Å². The second kappa shape index (κ2) is 12.9. The van der Waals surface area contributed by atoms with Crippen molar-refractivity contribution in [2.24, 2.45) is 11.8 Å². The van der Waals surface area contributed by atoms with E-state index in [9.17, 15) is 0 Å². The quantitative estimate of drug-likeness (QED) is 0.215. The van der Waals surface area contributed by atoms with Gasteiger partial charge in [-0.05, 0) is 111 Å². The fraction of sp³-hybridized carbons (Fsp3) is 0.405. The predicted octanol–water partition coefficient (Wildman–Crippen LogP) is 7.64. The molecule has 2 aromatic heterocycles. The highest BCUT2D eigenvalue weighted by Crippen LogP contribution is 2.45. The van der Waals surface area contributed by atoms with Gasteiger partial charge in [0.15, 0.2) is 5.11 Å². The third-order valence-electron chi connectivity index (χ3n) is 9.79. The molecule has 7 nitrogen and oxygen atoms in total. The summed E-state index contributed by atoms with van der Waals surface area (Å²) >= 11 is 13.2. The summed E-state index contributed by atoms with van der Waals surface area (Å²) in [6, 6.07) is 23.5. The molecule has 3 aliphatic heterocycles. The van der Waals surface area contributed by atoms with Gasteiger partial charge in [-0.1, -0.05) is 31.5 Å². The fourth-order valence-corrected chi connectivity index (χ4v) is 8.47. The number of thiocarbonyl (C=S) groups is 1. The molecule has 46 heavy (non-hydrogen) atoms. The minimum atomic E-state index is -0.131. The second-order valence-electron chi connectivity index (χ2n) is 13.3. The number of nitrogens with zero attached hydrogens (tertiary/aromatic N) is 5. The Bertz CT molecular complexity index is 1690. The number of nitrogens with one attached hydrogen (secondary N) is 1. The average Bonchev–Trinajstić information content (AvgIpc) is 3.55. The molecule has 0 saturated carbocycles. The van der Waals surface area contributed by atoms with Gasteiger partial charge < -0.3 is 29.3 Å². The van der Waals surface area contributed by atoms with Crippen LogP contribution in [0.15, 0.2) is 72.9 Å². The van der Waals surface area contributed by atoms with Crippen LogP contribution in [0.3, 0.4) is 0 Å². The SMILES string of the molecule is Cc1cc(C2C(c3ccccn3)NC(=S)N2c2ccc(N3CC(C)CC(C)C3)c(Cl)c2)c(C)n1-c1ccc(N2CCOCC2)cc1. The topological polar surface area (TPSA) is 48.8 Å². The molecule has 0 radical (unpaired) electrons. The van der Waals surface area contributed by atoms with Gasteiger partial charge in [0.05, 0.1) is 41.7 Å². The molecule has 3 saturated heterocycles. The van der Waals surface area contributed by atoms with Crippen molar-refractivity contribution in [1.29, 1.82) is 0 Å². The van der Waals surface area contributed by atoms with Gasteiger partial charge in [-0.3, -0.25) is 4.98 Å². The van der Waals surface area contributed by atoms with Crippen LogP contribution in [-0.2, 0) is 4.74 Å². The van der Waals surface area contributed by atoms with E-state index < -0.39 is 0 Å². The highest BCUT2D eigenvalue weighted by molar-refractivity contribution is 7.80. The lowest BCUT2D eigenvalue weighted by atomic mass is 9.91. The molecule has 0 bridgehead atoms.